The van der Waals surface area contributed by atoms with Gasteiger partial charge in [0.05, 0.1) is 19.7 Å². The Hall–Kier alpha value is -1.97. The van der Waals surface area contributed by atoms with E-state index in [0.29, 0.717) is 19.0 Å². The molecule has 4 heteroatoms. The average molecular weight is 231 g/mol. The number of aliphatic imine (C=N–C) groups is 1. The summed E-state index contributed by atoms with van der Waals surface area (Å²) in [6.45, 7) is 5.14. The van der Waals surface area contributed by atoms with Crippen LogP contribution in [0.15, 0.2) is 41.9 Å². The highest BCUT2D eigenvalue weighted by Crippen LogP contribution is 2.27. The van der Waals surface area contributed by atoms with E-state index in [0.717, 1.165) is 11.3 Å². The van der Waals surface area contributed by atoms with E-state index in [2.05, 4.69) is 17.6 Å². The second kappa shape index (κ2) is 4.91. The molecule has 0 aliphatic carbocycles. The van der Waals surface area contributed by atoms with E-state index >= 15 is 0 Å². The maximum Gasteiger partial charge on any atom is 0.192 e. The molecule has 0 spiro atoms. The quantitative estimate of drug-likeness (QED) is 0.800. The van der Waals surface area contributed by atoms with Gasteiger partial charge in [0.25, 0.3) is 0 Å². The van der Waals surface area contributed by atoms with Gasteiger partial charge in [-0.1, -0.05) is 18.2 Å². The number of methoxy groups -OCH3 is 1. The van der Waals surface area contributed by atoms with Gasteiger partial charge in [0.15, 0.2) is 5.96 Å². The molecule has 4 nitrogen and oxygen atoms in total. The number of rotatable bonds is 4. The molecule has 2 N–H and O–H groups in total. The van der Waals surface area contributed by atoms with E-state index in [-0.39, 0.29) is 6.04 Å². The van der Waals surface area contributed by atoms with Crippen LogP contribution < -0.4 is 10.5 Å². The summed E-state index contributed by atoms with van der Waals surface area (Å²) < 4.78 is 5.23. The summed E-state index contributed by atoms with van der Waals surface area (Å²) in [6, 6.07) is 8.18. The molecule has 17 heavy (non-hydrogen) atoms. The third kappa shape index (κ3) is 2.25. The third-order valence-electron chi connectivity index (χ3n) is 2.90. The molecule has 0 bridgehead atoms. The Bertz CT molecular complexity index is 442. The van der Waals surface area contributed by atoms with Gasteiger partial charge in [-0.25, -0.2) is 0 Å². The third-order valence-corrected chi connectivity index (χ3v) is 2.90. The summed E-state index contributed by atoms with van der Waals surface area (Å²) in [5, 5.41) is 0. The van der Waals surface area contributed by atoms with Crippen LogP contribution in [0.4, 0.5) is 0 Å². The lowest BCUT2D eigenvalue weighted by Crippen LogP contribution is -2.36. The van der Waals surface area contributed by atoms with Gasteiger partial charge in [-0.2, -0.15) is 0 Å². The molecule has 0 amide bonds. The van der Waals surface area contributed by atoms with Crippen LogP contribution in [0, 0.1) is 0 Å². The van der Waals surface area contributed by atoms with Crippen LogP contribution >= 0.6 is 0 Å². The fourth-order valence-corrected chi connectivity index (χ4v) is 2.02. The molecule has 0 saturated heterocycles. The van der Waals surface area contributed by atoms with Crippen molar-refractivity contribution in [3.05, 3.63) is 42.5 Å². The van der Waals surface area contributed by atoms with Gasteiger partial charge in [-0.15, -0.1) is 6.58 Å². The predicted octanol–water partition coefficient (Wildman–Crippen LogP) is 1.55. The first-order valence-electron chi connectivity index (χ1n) is 5.57. The van der Waals surface area contributed by atoms with Gasteiger partial charge in [0.2, 0.25) is 0 Å². The monoisotopic (exact) mass is 231 g/mol. The fraction of sp³-hybridized carbons (Fsp3) is 0.308. The zero-order valence-electron chi connectivity index (χ0n) is 9.97. The van der Waals surface area contributed by atoms with Gasteiger partial charge < -0.3 is 15.4 Å². The lowest BCUT2D eigenvalue weighted by atomic mass is 10.1. The summed E-state index contributed by atoms with van der Waals surface area (Å²) in [7, 11) is 1.67. The maximum atomic E-state index is 5.86. The highest BCUT2D eigenvalue weighted by molar-refractivity contribution is 5.80. The first kappa shape index (κ1) is 11.5. The number of ether oxygens (including phenoxy) is 1. The van der Waals surface area contributed by atoms with Gasteiger partial charge in [0, 0.05) is 6.54 Å². The lowest BCUT2D eigenvalue weighted by Gasteiger charge is -2.25. The van der Waals surface area contributed by atoms with E-state index in [9.17, 15) is 0 Å². The van der Waals surface area contributed by atoms with Crippen molar-refractivity contribution in [2.75, 3.05) is 20.2 Å². The maximum absolute atomic E-state index is 5.86. The van der Waals surface area contributed by atoms with Crippen molar-refractivity contribution in [3.63, 3.8) is 0 Å². The van der Waals surface area contributed by atoms with E-state index in [1.54, 1.807) is 7.11 Å². The summed E-state index contributed by atoms with van der Waals surface area (Å²) in [5.41, 5.74) is 7.02. The number of hydrogen-bond donors (Lipinski definition) is 1. The van der Waals surface area contributed by atoms with Crippen molar-refractivity contribution in [1.82, 2.24) is 4.90 Å². The largest absolute Gasteiger partial charge is 0.497 e. The molecule has 1 heterocycles. The summed E-state index contributed by atoms with van der Waals surface area (Å²) >= 11 is 0. The highest BCUT2D eigenvalue weighted by atomic mass is 16.5. The normalized spacial score (nSPS) is 19.0. The van der Waals surface area contributed by atoms with Crippen molar-refractivity contribution < 1.29 is 4.74 Å². The first-order valence-corrected chi connectivity index (χ1v) is 5.57. The molecule has 1 unspecified atom stereocenters. The Morgan fingerprint density at radius 1 is 1.65 bits per heavy atom. The first-order chi connectivity index (χ1) is 8.26. The number of nitrogens with zero attached hydrogens (tertiary/aromatic N) is 2. The van der Waals surface area contributed by atoms with Crippen molar-refractivity contribution in [1.29, 1.82) is 0 Å². The molecule has 1 aromatic carbocycles. The lowest BCUT2D eigenvalue weighted by molar-refractivity contribution is 0.376. The minimum atomic E-state index is 0.183. The molecular formula is C13H17N3O. The van der Waals surface area contributed by atoms with Crippen LogP contribution in [0.2, 0.25) is 0 Å². The number of nitrogens with two attached hydrogens (primary N) is 1. The zero-order chi connectivity index (χ0) is 12.3. The molecule has 90 valence electrons. The molecule has 1 aliphatic heterocycles. The van der Waals surface area contributed by atoms with Crippen molar-refractivity contribution in [2.45, 2.75) is 6.04 Å². The van der Waals surface area contributed by atoms with Gasteiger partial charge in [-0.3, -0.25) is 4.99 Å². The zero-order valence-corrected chi connectivity index (χ0v) is 9.97. The Morgan fingerprint density at radius 2 is 2.47 bits per heavy atom. The van der Waals surface area contributed by atoms with Crippen LogP contribution in [0.5, 0.6) is 5.75 Å². The van der Waals surface area contributed by atoms with Gasteiger partial charge in [0.1, 0.15) is 5.75 Å². The van der Waals surface area contributed by atoms with E-state index in [1.807, 2.05) is 29.2 Å². The van der Waals surface area contributed by atoms with Gasteiger partial charge in [-0.05, 0) is 17.7 Å². The second-order valence-electron chi connectivity index (χ2n) is 3.93. The Labute approximate surface area is 101 Å². The average Bonchev–Trinajstić information content (AvgIpc) is 2.72. The summed E-state index contributed by atoms with van der Waals surface area (Å²) in [6.07, 6.45) is 1.83. The summed E-state index contributed by atoms with van der Waals surface area (Å²) in [5.74, 6) is 1.43. The fourth-order valence-electron chi connectivity index (χ4n) is 2.02. The molecule has 1 atom stereocenters. The molecular weight excluding hydrogens is 214 g/mol. The standard InChI is InChI=1S/C13H17N3O/c1-3-7-16-12(9-15-13(16)14)10-5-4-6-11(8-10)17-2/h3-6,8,12H,1,7,9H2,2H3,(H2,14,15). The highest BCUT2D eigenvalue weighted by Gasteiger charge is 2.26. The number of hydrogen-bond acceptors (Lipinski definition) is 4. The number of benzene rings is 1. The van der Waals surface area contributed by atoms with E-state index in [4.69, 9.17) is 10.5 Å². The molecule has 1 aromatic rings. The molecule has 2 rings (SSSR count). The van der Waals surface area contributed by atoms with Crippen LogP contribution in [-0.2, 0) is 0 Å². The Morgan fingerprint density at radius 3 is 3.18 bits per heavy atom. The number of guanidine groups is 1. The van der Waals surface area contributed by atoms with E-state index in [1.165, 1.54) is 0 Å². The minimum Gasteiger partial charge on any atom is -0.497 e. The van der Waals surface area contributed by atoms with Crippen LogP contribution in [0.25, 0.3) is 0 Å². The Balaban J connectivity index is 2.24. The second-order valence-corrected chi connectivity index (χ2v) is 3.93. The molecule has 0 radical (unpaired) electrons. The molecule has 0 aromatic heterocycles. The summed E-state index contributed by atoms with van der Waals surface area (Å²) in [4.78, 5) is 6.32. The minimum absolute atomic E-state index is 0.183. The molecule has 0 saturated carbocycles. The van der Waals surface area contributed by atoms with Crippen LogP contribution in [0.3, 0.4) is 0 Å². The Kier molecular flexibility index (Phi) is 3.32. The van der Waals surface area contributed by atoms with Gasteiger partial charge >= 0.3 is 0 Å². The predicted molar refractivity (Wildman–Crippen MR) is 69.1 cm³/mol. The smallest absolute Gasteiger partial charge is 0.192 e. The molecule has 0 fully saturated rings. The van der Waals surface area contributed by atoms with Crippen LogP contribution in [0.1, 0.15) is 11.6 Å². The van der Waals surface area contributed by atoms with Crippen molar-refractivity contribution >= 4 is 5.96 Å². The van der Waals surface area contributed by atoms with Crippen molar-refractivity contribution in [2.24, 2.45) is 10.7 Å². The van der Waals surface area contributed by atoms with Crippen molar-refractivity contribution in [3.8, 4) is 5.75 Å². The van der Waals surface area contributed by atoms with E-state index < -0.39 is 0 Å². The van der Waals surface area contributed by atoms with Crippen LogP contribution in [-0.4, -0.2) is 31.1 Å². The SMILES string of the molecule is C=CCN1C(N)=NCC1c1cccc(OC)c1. The topological polar surface area (TPSA) is 50.8 Å². The molecule has 1 aliphatic rings.